The van der Waals surface area contributed by atoms with Gasteiger partial charge in [-0.15, -0.1) is 11.3 Å². The zero-order chi connectivity index (χ0) is 9.47. The summed E-state index contributed by atoms with van der Waals surface area (Å²) in [5.41, 5.74) is 8.54. The maximum atomic E-state index is 9.86. The molecule has 0 radical (unpaired) electrons. The largest absolute Gasteiger partial charge is 0.387 e. The molecule has 0 aromatic carbocycles. The van der Waals surface area contributed by atoms with Crippen molar-refractivity contribution in [3.63, 3.8) is 0 Å². The van der Waals surface area contributed by atoms with Crippen LogP contribution >= 0.6 is 11.3 Å². The van der Waals surface area contributed by atoms with Gasteiger partial charge in [-0.1, -0.05) is 0 Å². The Kier molecular flexibility index (Phi) is 2.14. The molecule has 3 N–H and O–H groups in total. The van der Waals surface area contributed by atoms with Gasteiger partial charge in [0, 0.05) is 5.54 Å². The molecule has 1 fully saturated rings. The van der Waals surface area contributed by atoms with Crippen LogP contribution in [0.25, 0.3) is 0 Å². The summed E-state index contributed by atoms with van der Waals surface area (Å²) in [6, 6.07) is 0. The fourth-order valence-electron chi connectivity index (χ4n) is 1.47. The standard InChI is InChI=1S/C9H14N2OS/c1-6-8(13-5-11-6)7(12)4-9(10)2-3-9/h5,7,12H,2-4,10H2,1H3. The van der Waals surface area contributed by atoms with Crippen molar-refractivity contribution in [1.82, 2.24) is 4.98 Å². The maximum absolute atomic E-state index is 9.86. The lowest BCUT2D eigenvalue weighted by Gasteiger charge is -2.13. The molecule has 1 heterocycles. The molecule has 72 valence electrons. The third-order valence-electron chi connectivity index (χ3n) is 2.58. The topological polar surface area (TPSA) is 59.1 Å². The van der Waals surface area contributed by atoms with Crippen molar-refractivity contribution in [3.05, 3.63) is 16.1 Å². The summed E-state index contributed by atoms with van der Waals surface area (Å²) in [5.74, 6) is 0. The van der Waals surface area contributed by atoms with Crippen LogP contribution < -0.4 is 5.73 Å². The molecule has 0 aliphatic heterocycles. The number of hydrogen-bond donors (Lipinski definition) is 2. The smallest absolute Gasteiger partial charge is 0.0918 e. The molecule has 13 heavy (non-hydrogen) atoms. The number of hydrogen-bond acceptors (Lipinski definition) is 4. The van der Waals surface area contributed by atoms with Gasteiger partial charge in [-0.05, 0) is 26.2 Å². The van der Waals surface area contributed by atoms with E-state index >= 15 is 0 Å². The van der Waals surface area contributed by atoms with Crippen molar-refractivity contribution >= 4 is 11.3 Å². The first-order chi connectivity index (χ1) is 6.11. The Morgan fingerprint density at radius 2 is 2.46 bits per heavy atom. The third-order valence-corrected chi connectivity index (χ3v) is 3.61. The van der Waals surface area contributed by atoms with Crippen molar-refractivity contribution in [3.8, 4) is 0 Å². The summed E-state index contributed by atoms with van der Waals surface area (Å²) >= 11 is 1.51. The zero-order valence-corrected chi connectivity index (χ0v) is 8.47. The van der Waals surface area contributed by atoms with E-state index in [-0.39, 0.29) is 5.54 Å². The fraction of sp³-hybridized carbons (Fsp3) is 0.667. The molecule has 1 aromatic heterocycles. The second-order valence-corrected chi connectivity index (χ2v) is 4.77. The predicted octanol–water partition coefficient (Wildman–Crippen LogP) is 1.37. The number of aromatic nitrogens is 1. The summed E-state index contributed by atoms with van der Waals surface area (Å²) in [4.78, 5) is 5.08. The molecule has 4 heteroatoms. The van der Waals surface area contributed by atoms with E-state index in [2.05, 4.69) is 4.98 Å². The zero-order valence-electron chi connectivity index (χ0n) is 7.66. The van der Waals surface area contributed by atoms with E-state index in [0.29, 0.717) is 6.42 Å². The van der Waals surface area contributed by atoms with E-state index in [0.717, 1.165) is 23.4 Å². The Bertz CT molecular complexity index is 306. The first-order valence-electron chi connectivity index (χ1n) is 4.48. The molecule has 1 aromatic rings. The van der Waals surface area contributed by atoms with E-state index in [9.17, 15) is 5.11 Å². The van der Waals surface area contributed by atoms with Gasteiger partial charge in [0.1, 0.15) is 0 Å². The average molecular weight is 198 g/mol. The normalized spacial score (nSPS) is 21.5. The molecule has 0 spiro atoms. The molecular weight excluding hydrogens is 184 g/mol. The number of nitrogens with zero attached hydrogens (tertiary/aromatic N) is 1. The first-order valence-corrected chi connectivity index (χ1v) is 5.36. The van der Waals surface area contributed by atoms with E-state index in [1.54, 1.807) is 5.51 Å². The summed E-state index contributed by atoms with van der Waals surface area (Å²) in [5, 5.41) is 9.86. The molecule has 0 bridgehead atoms. The second-order valence-electron chi connectivity index (χ2n) is 3.88. The molecule has 1 unspecified atom stereocenters. The van der Waals surface area contributed by atoms with E-state index in [1.807, 2.05) is 6.92 Å². The van der Waals surface area contributed by atoms with Gasteiger partial charge in [0.15, 0.2) is 0 Å². The quantitative estimate of drug-likeness (QED) is 0.771. The molecule has 1 aliphatic carbocycles. The fourth-order valence-corrected chi connectivity index (χ4v) is 2.26. The van der Waals surface area contributed by atoms with Gasteiger partial charge in [0.05, 0.1) is 22.2 Å². The first kappa shape index (κ1) is 9.12. The number of thiazole rings is 1. The van der Waals surface area contributed by atoms with Gasteiger partial charge < -0.3 is 10.8 Å². The van der Waals surface area contributed by atoms with Crippen LogP contribution in [0.1, 0.15) is 35.9 Å². The Hall–Kier alpha value is -0.450. The van der Waals surface area contributed by atoms with Crippen molar-refractivity contribution in [2.24, 2.45) is 5.73 Å². The molecule has 0 amide bonds. The van der Waals surface area contributed by atoms with Crippen LogP contribution in [0.2, 0.25) is 0 Å². The van der Waals surface area contributed by atoms with Crippen LogP contribution in [0, 0.1) is 6.92 Å². The van der Waals surface area contributed by atoms with Gasteiger partial charge in [-0.2, -0.15) is 0 Å². The highest BCUT2D eigenvalue weighted by atomic mass is 32.1. The van der Waals surface area contributed by atoms with Crippen molar-refractivity contribution in [2.75, 3.05) is 0 Å². The van der Waals surface area contributed by atoms with E-state index in [1.165, 1.54) is 11.3 Å². The highest BCUT2D eigenvalue weighted by Gasteiger charge is 2.40. The number of aliphatic hydroxyl groups is 1. The van der Waals surface area contributed by atoms with E-state index in [4.69, 9.17) is 5.73 Å². The van der Waals surface area contributed by atoms with Crippen LogP contribution in [-0.4, -0.2) is 15.6 Å². The van der Waals surface area contributed by atoms with Gasteiger partial charge in [-0.3, -0.25) is 0 Å². The predicted molar refractivity (Wildman–Crippen MR) is 52.6 cm³/mol. The Morgan fingerprint density at radius 3 is 2.92 bits per heavy atom. The lowest BCUT2D eigenvalue weighted by molar-refractivity contribution is 0.157. The van der Waals surface area contributed by atoms with Gasteiger partial charge in [0.2, 0.25) is 0 Å². The number of aryl methyl sites for hydroxylation is 1. The number of aliphatic hydroxyl groups excluding tert-OH is 1. The number of rotatable bonds is 3. The molecule has 1 aliphatic rings. The lowest BCUT2D eigenvalue weighted by atomic mass is 10.1. The van der Waals surface area contributed by atoms with Gasteiger partial charge in [0.25, 0.3) is 0 Å². The lowest BCUT2D eigenvalue weighted by Crippen LogP contribution is -2.24. The van der Waals surface area contributed by atoms with Crippen LogP contribution in [0.4, 0.5) is 0 Å². The molecule has 0 saturated heterocycles. The minimum atomic E-state index is -0.417. The highest BCUT2D eigenvalue weighted by molar-refractivity contribution is 7.09. The summed E-state index contributed by atoms with van der Waals surface area (Å²) in [6.07, 6.45) is 2.35. The van der Waals surface area contributed by atoms with Crippen LogP contribution in [0.15, 0.2) is 5.51 Å². The minimum Gasteiger partial charge on any atom is -0.387 e. The Labute approximate surface area is 81.6 Å². The van der Waals surface area contributed by atoms with E-state index < -0.39 is 6.10 Å². The monoisotopic (exact) mass is 198 g/mol. The molecule has 1 saturated carbocycles. The van der Waals surface area contributed by atoms with Crippen molar-refractivity contribution < 1.29 is 5.11 Å². The van der Waals surface area contributed by atoms with Crippen LogP contribution in [0.3, 0.4) is 0 Å². The van der Waals surface area contributed by atoms with Gasteiger partial charge in [-0.25, -0.2) is 4.98 Å². The van der Waals surface area contributed by atoms with Gasteiger partial charge >= 0.3 is 0 Å². The van der Waals surface area contributed by atoms with Crippen LogP contribution in [0.5, 0.6) is 0 Å². The third kappa shape index (κ3) is 1.90. The van der Waals surface area contributed by atoms with Crippen LogP contribution in [-0.2, 0) is 0 Å². The molecular formula is C9H14N2OS. The SMILES string of the molecule is Cc1ncsc1C(O)CC1(N)CC1. The minimum absolute atomic E-state index is 0.0875. The molecule has 2 rings (SSSR count). The average Bonchev–Trinajstić information content (AvgIpc) is 2.63. The summed E-state index contributed by atoms with van der Waals surface area (Å²) in [6.45, 7) is 1.92. The highest BCUT2D eigenvalue weighted by Crippen LogP contribution is 2.41. The molecule has 3 nitrogen and oxygen atoms in total. The maximum Gasteiger partial charge on any atom is 0.0918 e. The summed E-state index contributed by atoms with van der Waals surface area (Å²) in [7, 11) is 0. The Balaban J connectivity index is 2.05. The summed E-state index contributed by atoms with van der Waals surface area (Å²) < 4.78 is 0. The van der Waals surface area contributed by atoms with Crippen molar-refractivity contribution in [2.45, 2.75) is 37.8 Å². The Morgan fingerprint density at radius 1 is 1.77 bits per heavy atom. The number of nitrogens with two attached hydrogens (primary N) is 1. The second kappa shape index (κ2) is 3.04. The molecule has 1 atom stereocenters. The van der Waals surface area contributed by atoms with Crippen molar-refractivity contribution in [1.29, 1.82) is 0 Å².